The lowest BCUT2D eigenvalue weighted by molar-refractivity contribution is -0.159. The van der Waals surface area contributed by atoms with E-state index in [0.717, 1.165) is 39.0 Å². The Balaban J connectivity index is 1.43. The summed E-state index contributed by atoms with van der Waals surface area (Å²) in [7, 11) is 1.62. The van der Waals surface area contributed by atoms with Crippen LogP contribution in [-0.2, 0) is 22.6 Å². The summed E-state index contributed by atoms with van der Waals surface area (Å²) in [4.78, 5) is 34.9. The zero-order chi connectivity index (χ0) is 25.7. The Morgan fingerprint density at radius 3 is 2.46 bits per heavy atom. The van der Waals surface area contributed by atoms with Crippen molar-refractivity contribution in [3.8, 4) is 5.75 Å². The Labute approximate surface area is 216 Å². The van der Waals surface area contributed by atoms with Crippen molar-refractivity contribution in [2.24, 2.45) is 0 Å². The van der Waals surface area contributed by atoms with Gasteiger partial charge >= 0.3 is 0 Å². The van der Waals surface area contributed by atoms with Crippen molar-refractivity contribution in [2.45, 2.75) is 44.8 Å². The standard InChI is InChI=1S/C31H31N3O3/c1-19(2)20-12-14-21(15-13-20)30-29-24(23-9-5-6-10-25(23)32-29)16-26-31(36)33(18-28(35)34(26)30)17-22-8-4-7-11-27(22)37-3/h4-15,19,26,30,32H,16-18H2,1-3H3/t26-,30?/m0/s1. The molecule has 0 aliphatic carbocycles. The van der Waals surface area contributed by atoms with Crippen LogP contribution in [-0.4, -0.2) is 46.3 Å². The Kier molecular flexibility index (Phi) is 5.75. The number of nitrogens with one attached hydrogen (secondary N) is 1. The van der Waals surface area contributed by atoms with E-state index in [-0.39, 0.29) is 24.4 Å². The maximum absolute atomic E-state index is 14.0. The van der Waals surface area contributed by atoms with Gasteiger partial charge in [-0.3, -0.25) is 9.59 Å². The third kappa shape index (κ3) is 3.88. The van der Waals surface area contributed by atoms with Crippen molar-refractivity contribution in [1.29, 1.82) is 0 Å². The predicted octanol–water partition coefficient (Wildman–Crippen LogP) is 5.19. The van der Waals surface area contributed by atoms with E-state index in [1.54, 1.807) is 12.0 Å². The third-order valence-electron chi connectivity index (χ3n) is 7.81. The van der Waals surface area contributed by atoms with E-state index in [9.17, 15) is 9.59 Å². The van der Waals surface area contributed by atoms with Crippen LogP contribution in [0.4, 0.5) is 0 Å². The number of fused-ring (bicyclic) bond motifs is 4. The molecule has 4 aromatic rings. The first-order valence-corrected chi connectivity index (χ1v) is 12.9. The summed E-state index contributed by atoms with van der Waals surface area (Å²) in [5.41, 5.74) is 6.31. The van der Waals surface area contributed by atoms with Gasteiger partial charge in [0.2, 0.25) is 11.8 Å². The molecule has 1 unspecified atom stereocenters. The van der Waals surface area contributed by atoms with Gasteiger partial charge in [0.15, 0.2) is 0 Å². The minimum absolute atomic E-state index is 0.0229. The molecule has 3 aromatic carbocycles. The molecule has 2 aliphatic heterocycles. The molecule has 1 fully saturated rings. The summed E-state index contributed by atoms with van der Waals surface area (Å²) in [5.74, 6) is 1.07. The third-order valence-corrected chi connectivity index (χ3v) is 7.81. The van der Waals surface area contributed by atoms with Crippen LogP contribution in [0, 0.1) is 0 Å². The summed E-state index contributed by atoms with van der Waals surface area (Å²) in [6.45, 7) is 4.73. The molecular formula is C31H31N3O3. The fourth-order valence-electron chi connectivity index (χ4n) is 5.91. The molecule has 1 aromatic heterocycles. The van der Waals surface area contributed by atoms with E-state index < -0.39 is 6.04 Å². The summed E-state index contributed by atoms with van der Waals surface area (Å²) in [6, 6.07) is 23.4. The van der Waals surface area contributed by atoms with Crippen molar-refractivity contribution in [3.05, 3.63) is 101 Å². The van der Waals surface area contributed by atoms with Gasteiger partial charge in [-0.2, -0.15) is 0 Å². The molecule has 6 heteroatoms. The van der Waals surface area contributed by atoms with E-state index in [2.05, 4.69) is 55.2 Å². The largest absolute Gasteiger partial charge is 0.496 e. The number of aromatic nitrogens is 1. The highest BCUT2D eigenvalue weighted by Gasteiger charge is 2.48. The van der Waals surface area contributed by atoms with Crippen molar-refractivity contribution < 1.29 is 14.3 Å². The van der Waals surface area contributed by atoms with Crippen molar-refractivity contribution >= 4 is 22.7 Å². The predicted molar refractivity (Wildman–Crippen MR) is 143 cm³/mol. The molecule has 1 saturated heterocycles. The molecule has 1 N–H and O–H groups in total. The smallest absolute Gasteiger partial charge is 0.246 e. The topological polar surface area (TPSA) is 65.6 Å². The Bertz CT molecular complexity index is 1490. The molecule has 0 radical (unpaired) electrons. The lowest BCUT2D eigenvalue weighted by Gasteiger charge is -2.47. The minimum atomic E-state index is -0.558. The van der Waals surface area contributed by atoms with Crippen LogP contribution < -0.4 is 4.74 Å². The van der Waals surface area contributed by atoms with Gasteiger partial charge in [0.05, 0.1) is 13.2 Å². The van der Waals surface area contributed by atoms with E-state index in [4.69, 9.17) is 4.74 Å². The molecule has 37 heavy (non-hydrogen) atoms. The fourth-order valence-corrected chi connectivity index (χ4v) is 5.91. The average Bonchev–Trinajstić information content (AvgIpc) is 3.29. The lowest BCUT2D eigenvalue weighted by Crippen LogP contribution is -2.62. The van der Waals surface area contributed by atoms with E-state index >= 15 is 0 Å². The number of hydrogen-bond donors (Lipinski definition) is 1. The van der Waals surface area contributed by atoms with Crippen molar-refractivity contribution in [2.75, 3.05) is 13.7 Å². The summed E-state index contributed by atoms with van der Waals surface area (Å²) in [5, 5.41) is 1.11. The molecular weight excluding hydrogens is 462 g/mol. The first-order valence-electron chi connectivity index (χ1n) is 12.9. The van der Waals surface area contributed by atoms with Gasteiger partial charge in [-0.25, -0.2) is 0 Å². The van der Waals surface area contributed by atoms with E-state index in [1.807, 2.05) is 41.3 Å². The molecule has 2 aliphatic rings. The summed E-state index contributed by atoms with van der Waals surface area (Å²) >= 11 is 0. The number of nitrogens with zero attached hydrogens (tertiary/aromatic N) is 2. The van der Waals surface area contributed by atoms with Gasteiger partial charge in [-0.15, -0.1) is 0 Å². The van der Waals surface area contributed by atoms with Crippen LogP contribution >= 0.6 is 0 Å². The highest BCUT2D eigenvalue weighted by Crippen LogP contribution is 2.43. The second-order valence-corrected chi connectivity index (χ2v) is 10.3. The molecule has 3 heterocycles. The number of piperazine rings is 1. The van der Waals surface area contributed by atoms with Crippen LogP contribution in [0.25, 0.3) is 10.9 Å². The monoisotopic (exact) mass is 493 g/mol. The lowest BCUT2D eigenvalue weighted by atomic mass is 9.85. The number of amides is 2. The Morgan fingerprint density at radius 2 is 1.70 bits per heavy atom. The van der Waals surface area contributed by atoms with E-state index in [1.165, 1.54) is 5.56 Å². The zero-order valence-corrected chi connectivity index (χ0v) is 21.4. The molecule has 6 nitrogen and oxygen atoms in total. The number of hydrogen-bond acceptors (Lipinski definition) is 3. The molecule has 6 rings (SSSR count). The minimum Gasteiger partial charge on any atom is -0.496 e. The van der Waals surface area contributed by atoms with Crippen LogP contribution in [0.2, 0.25) is 0 Å². The second-order valence-electron chi connectivity index (χ2n) is 10.3. The van der Waals surface area contributed by atoms with Crippen LogP contribution in [0.1, 0.15) is 53.8 Å². The number of carbonyl (C=O) groups excluding carboxylic acids is 2. The molecule has 2 amide bonds. The Morgan fingerprint density at radius 1 is 0.973 bits per heavy atom. The van der Waals surface area contributed by atoms with Gasteiger partial charge < -0.3 is 19.5 Å². The molecule has 0 bridgehead atoms. The summed E-state index contributed by atoms with van der Waals surface area (Å²) in [6.07, 6.45) is 0.493. The van der Waals surface area contributed by atoms with Crippen LogP contribution in [0.15, 0.2) is 72.8 Å². The molecule has 2 atom stereocenters. The maximum Gasteiger partial charge on any atom is 0.246 e. The van der Waals surface area contributed by atoms with Gasteiger partial charge in [0, 0.05) is 35.1 Å². The number of carbonyl (C=O) groups is 2. The van der Waals surface area contributed by atoms with Crippen LogP contribution in [0.5, 0.6) is 5.75 Å². The van der Waals surface area contributed by atoms with Crippen molar-refractivity contribution in [1.82, 2.24) is 14.8 Å². The number of ether oxygens (including phenoxy) is 1. The van der Waals surface area contributed by atoms with Gasteiger partial charge in [-0.05, 0) is 34.7 Å². The second kappa shape index (κ2) is 9.11. The maximum atomic E-state index is 14.0. The first kappa shape index (κ1) is 23.3. The number of para-hydroxylation sites is 2. The highest BCUT2D eigenvalue weighted by molar-refractivity contribution is 5.97. The number of H-pyrrole nitrogens is 1. The average molecular weight is 494 g/mol. The van der Waals surface area contributed by atoms with Gasteiger partial charge in [0.25, 0.3) is 0 Å². The Hall–Kier alpha value is -4.06. The number of rotatable bonds is 5. The molecule has 0 spiro atoms. The number of aromatic amines is 1. The van der Waals surface area contributed by atoms with Crippen LogP contribution in [0.3, 0.4) is 0 Å². The van der Waals surface area contributed by atoms with E-state index in [0.29, 0.717) is 18.9 Å². The fraction of sp³-hybridized carbons (Fsp3) is 0.290. The van der Waals surface area contributed by atoms with Crippen molar-refractivity contribution in [3.63, 3.8) is 0 Å². The van der Waals surface area contributed by atoms with Gasteiger partial charge in [-0.1, -0.05) is 74.5 Å². The first-order chi connectivity index (χ1) is 18.0. The molecule has 188 valence electrons. The zero-order valence-electron chi connectivity index (χ0n) is 21.4. The number of methoxy groups -OCH3 is 1. The summed E-state index contributed by atoms with van der Waals surface area (Å²) < 4.78 is 5.50. The molecule has 0 saturated carbocycles. The quantitative estimate of drug-likeness (QED) is 0.416. The SMILES string of the molecule is COc1ccccc1CN1CC(=O)N2C(c3ccc(C(C)C)cc3)c3[nH]c4ccccc4c3C[C@H]2C1=O. The normalized spacial score (nSPS) is 19.4. The highest BCUT2D eigenvalue weighted by atomic mass is 16.5. The number of benzene rings is 3. The van der Waals surface area contributed by atoms with Gasteiger partial charge in [0.1, 0.15) is 18.3 Å².